The Balaban J connectivity index is 1.90. The quantitative estimate of drug-likeness (QED) is 0.752. The van der Waals surface area contributed by atoms with E-state index in [1.165, 1.54) is 17.8 Å². The minimum Gasteiger partial charge on any atom is -0.480 e. The Morgan fingerprint density at radius 1 is 1.21 bits per heavy atom. The number of hydrogen-bond donors (Lipinski definition) is 0. The first-order valence-corrected chi connectivity index (χ1v) is 10.7. The van der Waals surface area contributed by atoms with Crippen molar-refractivity contribution >= 4 is 27.5 Å². The molecule has 0 N–H and O–H groups in total. The van der Waals surface area contributed by atoms with Crippen LogP contribution in [0.1, 0.15) is 61.1 Å². The van der Waals surface area contributed by atoms with E-state index >= 15 is 0 Å². The number of carbonyl (C=O) groups excluding carboxylic acids is 1. The summed E-state index contributed by atoms with van der Waals surface area (Å²) in [5.41, 5.74) is 1.19. The normalized spacial score (nSPS) is 18.4. The van der Waals surface area contributed by atoms with Crippen molar-refractivity contribution in [3.05, 3.63) is 16.3 Å². The number of ether oxygens (including phenoxy) is 2. The van der Waals surface area contributed by atoms with E-state index in [4.69, 9.17) is 9.47 Å². The van der Waals surface area contributed by atoms with Crippen molar-refractivity contribution in [2.24, 2.45) is 11.3 Å². The van der Waals surface area contributed by atoms with Gasteiger partial charge in [-0.1, -0.05) is 20.8 Å². The molecule has 2 aromatic heterocycles. The summed E-state index contributed by atoms with van der Waals surface area (Å²) in [7, 11) is 3.21. The van der Waals surface area contributed by atoms with Gasteiger partial charge in [0.05, 0.1) is 17.4 Å². The molecule has 3 rings (SSSR count). The maximum absolute atomic E-state index is 13.3. The lowest BCUT2D eigenvalue weighted by Gasteiger charge is -2.29. The van der Waals surface area contributed by atoms with Gasteiger partial charge in [-0.05, 0) is 43.1 Å². The second kappa shape index (κ2) is 8.33. The molecule has 0 radical (unpaired) electrons. The van der Waals surface area contributed by atoms with Gasteiger partial charge in [0.2, 0.25) is 5.88 Å². The van der Waals surface area contributed by atoms with Crippen molar-refractivity contribution in [2.75, 3.05) is 27.3 Å². The molecule has 2 aromatic rings. The summed E-state index contributed by atoms with van der Waals surface area (Å²) in [6.45, 7) is 10.8. The molecule has 154 valence electrons. The SMILES string of the molecule is COCc1nc(OC)c2c(C)c(C(=O)N3CCCC(C(C)(C)C)CC3)sc2n1. The van der Waals surface area contributed by atoms with Crippen LogP contribution >= 0.6 is 11.3 Å². The molecule has 6 nitrogen and oxygen atoms in total. The predicted molar refractivity (Wildman–Crippen MR) is 112 cm³/mol. The van der Waals surface area contributed by atoms with Gasteiger partial charge < -0.3 is 14.4 Å². The molecule has 1 unspecified atom stereocenters. The van der Waals surface area contributed by atoms with E-state index < -0.39 is 0 Å². The van der Waals surface area contributed by atoms with Crippen molar-refractivity contribution in [3.63, 3.8) is 0 Å². The number of aromatic nitrogens is 2. The van der Waals surface area contributed by atoms with E-state index in [-0.39, 0.29) is 11.3 Å². The van der Waals surface area contributed by atoms with Crippen molar-refractivity contribution in [1.29, 1.82) is 0 Å². The molecular weight excluding hydrogens is 374 g/mol. The maximum atomic E-state index is 13.3. The highest BCUT2D eigenvalue weighted by Crippen LogP contribution is 2.37. The molecule has 0 saturated carbocycles. The molecule has 1 fully saturated rings. The maximum Gasteiger partial charge on any atom is 0.264 e. The molecule has 1 aliphatic heterocycles. The smallest absolute Gasteiger partial charge is 0.264 e. The van der Waals surface area contributed by atoms with E-state index in [1.807, 2.05) is 11.8 Å². The van der Waals surface area contributed by atoms with Crippen LogP contribution in [0.5, 0.6) is 5.88 Å². The molecule has 7 heteroatoms. The Bertz CT molecular complexity index is 857. The van der Waals surface area contributed by atoms with Crippen LogP contribution in [-0.2, 0) is 11.3 Å². The fourth-order valence-electron chi connectivity index (χ4n) is 4.00. The topological polar surface area (TPSA) is 64.6 Å². The molecule has 0 aliphatic carbocycles. The molecule has 1 saturated heterocycles. The number of fused-ring (bicyclic) bond motifs is 1. The first-order valence-electron chi connectivity index (χ1n) is 9.88. The monoisotopic (exact) mass is 405 g/mol. The average molecular weight is 406 g/mol. The molecule has 1 atom stereocenters. The van der Waals surface area contributed by atoms with Crippen molar-refractivity contribution in [1.82, 2.24) is 14.9 Å². The second-order valence-electron chi connectivity index (χ2n) is 8.60. The van der Waals surface area contributed by atoms with E-state index in [9.17, 15) is 4.79 Å². The Morgan fingerprint density at radius 2 is 1.96 bits per heavy atom. The predicted octanol–water partition coefficient (Wildman–Crippen LogP) is 4.44. The molecule has 1 aliphatic rings. The highest BCUT2D eigenvalue weighted by Gasteiger charge is 2.30. The number of methoxy groups -OCH3 is 2. The van der Waals surface area contributed by atoms with Gasteiger partial charge >= 0.3 is 0 Å². The molecule has 0 bridgehead atoms. The van der Waals surface area contributed by atoms with Crippen LogP contribution in [0, 0.1) is 18.3 Å². The average Bonchev–Trinajstić information content (AvgIpc) is 2.83. The Labute approximate surface area is 171 Å². The van der Waals surface area contributed by atoms with E-state index in [2.05, 4.69) is 30.7 Å². The van der Waals surface area contributed by atoms with Crippen molar-refractivity contribution in [2.45, 2.75) is 53.6 Å². The zero-order valence-electron chi connectivity index (χ0n) is 17.8. The minimum atomic E-state index is 0.102. The van der Waals surface area contributed by atoms with Gasteiger partial charge in [-0.15, -0.1) is 11.3 Å². The number of nitrogens with zero attached hydrogens (tertiary/aromatic N) is 3. The third-order valence-electron chi connectivity index (χ3n) is 5.70. The molecule has 0 aromatic carbocycles. The van der Waals surface area contributed by atoms with Crippen LogP contribution < -0.4 is 4.74 Å². The summed E-state index contributed by atoms with van der Waals surface area (Å²) in [6.07, 6.45) is 3.29. The van der Waals surface area contributed by atoms with Gasteiger partial charge in [0, 0.05) is 20.2 Å². The number of rotatable bonds is 4. The third-order valence-corrected chi connectivity index (χ3v) is 6.88. The highest BCUT2D eigenvalue weighted by atomic mass is 32.1. The number of likely N-dealkylation sites (tertiary alicyclic amines) is 1. The van der Waals surface area contributed by atoms with Crippen LogP contribution in [0.2, 0.25) is 0 Å². The zero-order valence-corrected chi connectivity index (χ0v) is 18.6. The number of carbonyl (C=O) groups is 1. The second-order valence-corrected chi connectivity index (χ2v) is 9.60. The number of thiophene rings is 1. The standard InChI is InChI=1S/C21H31N3O3S/c1-13-16-18(27-6)22-15(12-26-5)23-19(16)28-17(13)20(25)24-10-7-8-14(9-11-24)21(2,3)4/h14H,7-12H2,1-6H3. The van der Waals surface area contributed by atoms with Gasteiger partial charge in [0.15, 0.2) is 5.82 Å². The Morgan fingerprint density at radius 3 is 2.61 bits per heavy atom. The molecule has 28 heavy (non-hydrogen) atoms. The van der Waals surface area contributed by atoms with E-state index in [1.54, 1.807) is 14.2 Å². The fraction of sp³-hybridized carbons (Fsp3) is 0.667. The van der Waals surface area contributed by atoms with Crippen molar-refractivity contribution < 1.29 is 14.3 Å². The van der Waals surface area contributed by atoms with Crippen LogP contribution in [0.25, 0.3) is 10.2 Å². The van der Waals surface area contributed by atoms with Crippen LogP contribution in [0.4, 0.5) is 0 Å². The highest BCUT2D eigenvalue weighted by molar-refractivity contribution is 7.20. The van der Waals surface area contributed by atoms with Crippen LogP contribution in [-0.4, -0.2) is 48.1 Å². The summed E-state index contributed by atoms with van der Waals surface area (Å²) in [6, 6.07) is 0. The summed E-state index contributed by atoms with van der Waals surface area (Å²) < 4.78 is 10.6. The lowest BCUT2D eigenvalue weighted by atomic mass is 9.77. The van der Waals surface area contributed by atoms with E-state index in [0.29, 0.717) is 24.2 Å². The number of aryl methyl sites for hydroxylation is 1. The summed E-state index contributed by atoms with van der Waals surface area (Å²) in [4.78, 5) is 25.9. The minimum absolute atomic E-state index is 0.102. The Kier molecular flexibility index (Phi) is 6.25. The zero-order chi connectivity index (χ0) is 20.5. The van der Waals surface area contributed by atoms with Gasteiger partial charge in [-0.25, -0.2) is 4.98 Å². The van der Waals surface area contributed by atoms with Crippen molar-refractivity contribution in [3.8, 4) is 5.88 Å². The molecule has 1 amide bonds. The number of amides is 1. The van der Waals surface area contributed by atoms with Crippen LogP contribution in [0.15, 0.2) is 0 Å². The van der Waals surface area contributed by atoms with Gasteiger partial charge in [0.1, 0.15) is 11.4 Å². The summed E-state index contributed by atoms with van der Waals surface area (Å²) in [5.74, 6) is 1.82. The fourth-order valence-corrected chi connectivity index (χ4v) is 5.16. The lowest BCUT2D eigenvalue weighted by molar-refractivity contribution is 0.0760. The third kappa shape index (κ3) is 4.15. The first-order chi connectivity index (χ1) is 13.3. The first kappa shape index (κ1) is 21.0. The summed E-state index contributed by atoms with van der Waals surface area (Å²) >= 11 is 1.43. The van der Waals surface area contributed by atoms with E-state index in [0.717, 1.165) is 46.6 Å². The van der Waals surface area contributed by atoms with Gasteiger partial charge in [-0.3, -0.25) is 4.79 Å². The van der Waals surface area contributed by atoms with Gasteiger partial charge in [-0.2, -0.15) is 4.98 Å². The Hall–Kier alpha value is -1.73. The van der Waals surface area contributed by atoms with Crippen LogP contribution in [0.3, 0.4) is 0 Å². The number of hydrogen-bond acceptors (Lipinski definition) is 6. The molecule has 3 heterocycles. The molecule has 0 spiro atoms. The lowest BCUT2D eigenvalue weighted by Crippen LogP contribution is -2.32. The summed E-state index contributed by atoms with van der Waals surface area (Å²) in [5, 5.41) is 0.832. The van der Waals surface area contributed by atoms with Gasteiger partial charge in [0.25, 0.3) is 5.91 Å². The molecular formula is C21H31N3O3S. The largest absolute Gasteiger partial charge is 0.480 e.